The van der Waals surface area contributed by atoms with Crippen LogP contribution in [-0.2, 0) is 16.1 Å². The van der Waals surface area contributed by atoms with Crippen LogP contribution in [0.15, 0.2) is 72.8 Å². The molecule has 1 N–H and O–H groups in total. The Bertz CT molecular complexity index is 1070. The van der Waals surface area contributed by atoms with Crippen molar-refractivity contribution in [1.29, 1.82) is 0 Å². The number of carbonyl (C=O) groups is 3. The van der Waals surface area contributed by atoms with Crippen LogP contribution in [-0.4, -0.2) is 24.1 Å². The Morgan fingerprint density at radius 1 is 0.750 bits per heavy atom. The molecule has 5 heteroatoms. The van der Waals surface area contributed by atoms with Crippen LogP contribution in [0.1, 0.15) is 26.3 Å². The van der Waals surface area contributed by atoms with Gasteiger partial charge in [0.25, 0.3) is 0 Å². The van der Waals surface area contributed by atoms with Crippen LogP contribution in [0.4, 0.5) is 5.69 Å². The van der Waals surface area contributed by atoms with Gasteiger partial charge >= 0.3 is 0 Å². The summed E-state index contributed by atoms with van der Waals surface area (Å²) in [6.45, 7) is 0.226. The summed E-state index contributed by atoms with van der Waals surface area (Å²) in [6, 6.07) is 21.6. The van der Waals surface area contributed by atoms with Gasteiger partial charge < -0.3 is 10.1 Å². The lowest BCUT2D eigenvalue weighted by atomic mass is 9.84. The minimum absolute atomic E-state index is 0.109. The second-order valence-electron chi connectivity index (χ2n) is 6.49. The van der Waals surface area contributed by atoms with Crippen LogP contribution in [0.2, 0.25) is 0 Å². The number of hydrogen-bond acceptors (Lipinski definition) is 4. The van der Waals surface area contributed by atoms with Crippen molar-refractivity contribution in [2.75, 3.05) is 11.9 Å². The zero-order valence-corrected chi connectivity index (χ0v) is 15.0. The molecule has 1 aliphatic carbocycles. The summed E-state index contributed by atoms with van der Waals surface area (Å²) in [5.74, 6) is -1.42. The van der Waals surface area contributed by atoms with E-state index in [1.165, 1.54) is 0 Å². The summed E-state index contributed by atoms with van der Waals surface area (Å²) in [5.41, 5.74) is 3.56. The van der Waals surface area contributed by atoms with Gasteiger partial charge in [-0.2, -0.15) is 0 Å². The Balaban J connectivity index is 1.47. The van der Waals surface area contributed by atoms with Gasteiger partial charge in [0.15, 0.2) is 0 Å². The first-order chi connectivity index (χ1) is 13.6. The van der Waals surface area contributed by atoms with Gasteiger partial charge in [0.2, 0.25) is 17.5 Å². The lowest BCUT2D eigenvalue weighted by molar-refractivity contribution is -0.121. The van der Waals surface area contributed by atoms with Gasteiger partial charge in [-0.05, 0) is 28.8 Å². The van der Waals surface area contributed by atoms with Crippen LogP contribution in [0, 0.1) is 0 Å². The van der Waals surface area contributed by atoms with Crippen molar-refractivity contribution in [1.82, 2.24) is 0 Å². The first-order valence-corrected chi connectivity index (χ1v) is 8.87. The van der Waals surface area contributed by atoms with Crippen molar-refractivity contribution in [2.24, 2.45) is 0 Å². The van der Waals surface area contributed by atoms with E-state index < -0.39 is 11.6 Å². The van der Waals surface area contributed by atoms with E-state index >= 15 is 0 Å². The number of Topliss-reactive ketones (excluding diaryl/α,β-unsaturated/α-hetero) is 2. The second-order valence-corrected chi connectivity index (χ2v) is 6.49. The van der Waals surface area contributed by atoms with Crippen molar-refractivity contribution in [2.45, 2.75) is 6.61 Å². The zero-order chi connectivity index (χ0) is 19.5. The lowest BCUT2D eigenvalue weighted by Crippen LogP contribution is -2.22. The van der Waals surface area contributed by atoms with Crippen molar-refractivity contribution in [3.05, 3.63) is 89.5 Å². The maximum atomic E-state index is 12.5. The van der Waals surface area contributed by atoms with Gasteiger partial charge in [-0.25, -0.2) is 0 Å². The Hall–Kier alpha value is -3.57. The number of anilines is 1. The first kappa shape index (κ1) is 17.8. The molecule has 138 valence electrons. The van der Waals surface area contributed by atoms with E-state index in [4.69, 9.17) is 4.74 Å². The highest BCUT2D eigenvalue weighted by atomic mass is 16.5. The third-order valence-corrected chi connectivity index (χ3v) is 4.56. The number of ether oxygens (including phenoxy) is 1. The molecule has 0 unspecified atom stereocenters. The number of amides is 1. The van der Waals surface area contributed by atoms with Crippen LogP contribution in [0.25, 0.3) is 11.1 Å². The Kier molecular flexibility index (Phi) is 4.83. The average Bonchev–Trinajstić information content (AvgIpc) is 2.73. The molecule has 0 heterocycles. The summed E-state index contributed by atoms with van der Waals surface area (Å²) in [5, 5.41) is 2.71. The quantitative estimate of drug-likeness (QED) is 0.691. The molecular weight excluding hydrogens is 354 g/mol. The van der Waals surface area contributed by atoms with Gasteiger partial charge in [0.1, 0.15) is 6.61 Å². The molecule has 0 aliphatic heterocycles. The monoisotopic (exact) mass is 371 g/mol. The summed E-state index contributed by atoms with van der Waals surface area (Å²) in [7, 11) is 0. The number of carbonyl (C=O) groups excluding carboxylic acids is 3. The molecule has 0 spiro atoms. The molecule has 3 aromatic carbocycles. The summed E-state index contributed by atoms with van der Waals surface area (Å²) in [4.78, 5) is 36.9. The first-order valence-electron chi connectivity index (χ1n) is 8.87. The lowest BCUT2D eigenvalue weighted by Gasteiger charge is -2.18. The number of ketones is 2. The van der Waals surface area contributed by atoms with Gasteiger partial charge in [0, 0.05) is 16.8 Å². The molecule has 0 saturated carbocycles. The van der Waals surface area contributed by atoms with E-state index in [0.29, 0.717) is 29.0 Å². The van der Waals surface area contributed by atoms with Crippen LogP contribution in [0.3, 0.4) is 0 Å². The SMILES string of the molecule is O=C(COCc1ccccc1)Nc1ccc2c(c1)C(=O)C(=O)c1ccccc1-2. The van der Waals surface area contributed by atoms with Crippen LogP contribution < -0.4 is 5.32 Å². The van der Waals surface area contributed by atoms with Crippen molar-refractivity contribution >= 4 is 23.2 Å². The van der Waals surface area contributed by atoms with E-state index in [0.717, 1.165) is 11.1 Å². The summed E-state index contributed by atoms with van der Waals surface area (Å²) < 4.78 is 5.42. The molecule has 0 fully saturated rings. The summed E-state index contributed by atoms with van der Waals surface area (Å²) >= 11 is 0. The fourth-order valence-electron chi connectivity index (χ4n) is 3.24. The predicted molar refractivity (Wildman–Crippen MR) is 105 cm³/mol. The van der Waals surface area contributed by atoms with E-state index in [9.17, 15) is 14.4 Å². The van der Waals surface area contributed by atoms with E-state index in [1.54, 1.807) is 30.3 Å². The maximum absolute atomic E-state index is 12.5. The van der Waals surface area contributed by atoms with Crippen LogP contribution in [0.5, 0.6) is 0 Å². The second kappa shape index (κ2) is 7.58. The van der Waals surface area contributed by atoms with Crippen molar-refractivity contribution in [3.8, 4) is 11.1 Å². The fourth-order valence-corrected chi connectivity index (χ4v) is 3.24. The predicted octanol–water partition coefficient (Wildman–Crippen LogP) is 3.89. The smallest absolute Gasteiger partial charge is 0.250 e. The Labute approximate surface area is 162 Å². The number of hydrogen-bond donors (Lipinski definition) is 1. The van der Waals surface area contributed by atoms with Gasteiger partial charge in [-0.15, -0.1) is 0 Å². The van der Waals surface area contributed by atoms with E-state index in [1.807, 2.05) is 42.5 Å². The van der Waals surface area contributed by atoms with Gasteiger partial charge in [-0.3, -0.25) is 14.4 Å². The van der Waals surface area contributed by atoms with Gasteiger partial charge in [-0.1, -0.05) is 60.7 Å². The highest BCUT2D eigenvalue weighted by Crippen LogP contribution is 2.34. The molecule has 0 bridgehead atoms. The largest absolute Gasteiger partial charge is 0.367 e. The van der Waals surface area contributed by atoms with E-state index in [-0.39, 0.29) is 12.5 Å². The maximum Gasteiger partial charge on any atom is 0.250 e. The van der Waals surface area contributed by atoms with Gasteiger partial charge in [0.05, 0.1) is 6.61 Å². The minimum atomic E-state index is -0.565. The molecule has 4 rings (SSSR count). The average molecular weight is 371 g/mol. The van der Waals surface area contributed by atoms with Crippen molar-refractivity contribution in [3.63, 3.8) is 0 Å². The number of benzene rings is 3. The molecule has 28 heavy (non-hydrogen) atoms. The van der Waals surface area contributed by atoms with Crippen LogP contribution >= 0.6 is 0 Å². The number of fused-ring (bicyclic) bond motifs is 3. The zero-order valence-electron chi connectivity index (χ0n) is 15.0. The molecule has 0 aromatic heterocycles. The highest BCUT2D eigenvalue weighted by Gasteiger charge is 2.30. The molecular formula is C23H17NO4. The number of rotatable bonds is 5. The third kappa shape index (κ3) is 3.48. The Morgan fingerprint density at radius 3 is 2.18 bits per heavy atom. The topological polar surface area (TPSA) is 72.5 Å². The normalized spacial score (nSPS) is 12.3. The fraction of sp³-hybridized carbons (Fsp3) is 0.0870. The molecule has 0 atom stereocenters. The minimum Gasteiger partial charge on any atom is -0.367 e. The molecule has 1 aliphatic rings. The number of nitrogens with one attached hydrogen (secondary N) is 1. The Morgan fingerprint density at radius 2 is 1.39 bits per heavy atom. The highest BCUT2D eigenvalue weighted by molar-refractivity contribution is 6.53. The molecule has 1 amide bonds. The van der Waals surface area contributed by atoms with E-state index in [2.05, 4.69) is 5.32 Å². The molecule has 0 radical (unpaired) electrons. The molecule has 5 nitrogen and oxygen atoms in total. The standard InChI is InChI=1S/C23H17NO4/c25-21(14-28-13-15-6-2-1-3-7-15)24-16-10-11-18-17-8-4-5-9-19(17)22(26)23(27)20(18)12-16/h1-12H,13-14H2,(H,24,25). The molecule has 3 aromatic rings. The summed E-state index contributed by atoms with van der Waals surface area (Å²) in [6.07, 6.45) is 0. The van der Waals surface area contributed by atoms with Crippen molar-refractivity contribution < 1.29 is 19.1 Å². The third-order valence-electron chi connectivity index (χ3n) is 4.56. The molecule has 0 saturated heterocycles.